The number of allylic oxidation sites excluding steroid dienone is 3. The summed E-state index contributed by atoms with van der Waals surface area (Å²) in [6.07, 6.45) is 9.51. The van der Waals surface area contributed by atoms with Crippen LogP contribution in [0, 0.1) is 6.92 Å². The van der Waals surface area contributed by atoms with Gasteiger partial charge in [-0.1, -0.05) is 144 Å². The average molecular weight is 523 g/mol. The van der Waals surface area contributed by atoms with E-state index >= 15 is 0 Å². The monoisotopic (exact) mass is 522 g/mol. The van der Waals surface area contributed by atoms with Gasteiger partial charge in [0.25, 0.3) is 0 Å². The number of fused-ring (bicyclic) bond motifs is 3. The Morgan fingerprint density at radius 2 is 1.45 bits per heavy atom. The third-order valence-corrected chi connectivity index (χ3v) is 7.62. The lowest BCUT2D eigenvalue weighted by Crippen LogP contribution is -2.04. The summed E-state index contributed by atoms with van der Waals surface area (Å²) in [5.41, 5.74) is 11.8. The summed E-state index contributed by atoms with van der Waals surface area (Å²) in [7, 11) is 0. The van der Waals surface area contributed by atoms with E-state index in [9.17, 15) is 0 Å². The summed E-state index contributed by atoms with van der Waals surface area (Å²) in [5, 5.41) is 5.20. The maximum Gasteiger partial charge on any atom is -0.00231 e. The van der Waals surface area contributed by atoms with E-state index < -0.39 is 0 Å². The van der Waals surface area contributed by atoms with Crippen molar-refractivity contribution >= 4 is 27.6 Å². The Morgan fingerprint density at radius 3 is 2.17 bits per heavy atom. The first-order valence-corrected chi connectivity index (χ1v) is 14.8. The van der Waals surface area contributed by atoms with Gasteiger partial charge in [0.1, 0.15) is 0 Å². The fourth-order valence-electron chi connectivity index (χ4n) is 5.82. The average Bonchev–Trinajstić information content (AvgIpc) is 3.02. The van der Waals surface area contributed by atoms with E-state index in [-0.39, 0.29) is 0 Å². The van der Waals surface area contributed by atoms with Gasteiger partial charge in [-0.25, -0.2) is 0 Å². The standard InChI is InChI=1S/C36H30.2C2H6/c1-4-24(2)22-34-25(3)12-11-19-33(34)36-31-17-9-7-15-29(31)35(30-16-8-10-18-32(30)36)28-21-20-26-13-5-6-14-27(26)23-28;2*1-2/h4-7,9-15,17-21,23H,1-2,8,16,22H2,3H3;2*1-2H3. The van der Waals surface area contributed by atoms with Crippen LogP contribution in [0.5, 0.6) is 0 Å². The second-order valence-electron chi connectivity index (χ2n) is 9.83. The second kappa shape index (κ2) is 13.3. The third kappa shape index (κ3) is 5.45. The second-order valence-corrected chi connectivity index (χ2v) is 9.83. The van der Waals surface area contributed by atoms with Gasteiger partial charge in [0.2, 0.25) is 0 Å². The number of hydrogen-bond donors (Lipinski definition) is 0. The van der Waals surface area contributed by atoms with Crippen molar-refractivity contribution in [3.63, 3.8) is 0 Å². The minimum absolute atomic E-state index is 0.810. The van der Waals surface area contributed by atoms with Gasteiger partial charge in [0.05, 0.1) is 0 Å². The minimum atomic E-state index is 0.810. The maximum absolute atomic E-state index is 4.24. The van der Waals surface area contributed by atoms with Crippen molar-refractivity contribution in [1.29, 1.82) is 0 Å². The zero-order valence-electron chi connectivity index (χ0n) is 24.9. The first kappa shape index (κ1) is 28.8. The van der Waals surface area contributed by atoms with Gasteiger partial charge >= 0.3 is 0 Å². The van der Waals surface area contributed by atoms with E-state index in [0.717, 1.165) is 24.8 Å². The third-order valence-electron chi connectivity index (χ3n) is 7.62. The molecule has 0 saturated heterocycles. The van der Waals surface area contributed by atoms with E-state index in [2.05, 4.69) is 117 Å². The zero-order chi connectivity index (χ0) is 28.6. The Kier molecular flexibility index (Phi) is 9.56. The van der Waals surface area contributed by atoms with Crippen molar-refractivity contribution in [1.82, 2.24) is 0 Å². The highest BCUT2D eigenvalue weighted by Gasteiger charge is 2.23. The molecule has 0 radical (unpaired) electrons. The summed E-state index contributed by atoms with van der Waals surface area (Å²) >= 11 is 0. The molecule has 6 rings (SSSR count). The largest absolute Gasteiger partial charge is 0.0988 e. The summed E-state index contributed by atoms with van der Waals surface area (Å²) in [6, 6.07) is 31.2. The molecular formula is C40H42. The van der Waals surface area contributed by atoms with Crippen LogP contribution in [0.1, 0.15) is 56.4 Å². The summed E-state index contributed by atoms with van der Waals surface area (Å²) < 4.78 is 0. The van der Waals surface area contributed by atoms with Crippen molar-refractivity contribution in [3.05, 3.63) is 138 Å². The van der Waals surface area contributed by atoms with Crippen molar-refractivity contribution in [2.24, 2.45) is 0 Å². The van der Waals surface area contributed by atoms with Crippen LogP contribution in [-0.2, 0) is 12.8 Å². The predicted octanol–water partition coefficient (Wildman–Crippen LogP) is 11.9. The van der Waals surface area contributed by atoms with Crippen LogP contribution in [0.2, 0.25) is 0 Å². The Morgan fingerprint density at radius 1 is 0.775 bits per heavy atom. The topological polar surface area (TPSA) is 0 Å². The first-order chi connectivity index (χ1) is 19.7. The van der Waals surface area contributed by atoms with Crippen LogP contribution >= 0.6 is 0 Å². The molecule has 0 unspecified atom stereocenters. The van der Waals surface area contributed by atoms with Crippen LogP contribution in [0.15, 0.2) is 116 Å². The summed E-state index contributed by atoms with van der Waals surface area (Å²) in [4.78, 5) is 0. The number of aryl methyl sites for hydroxylation is 1. The Hall–Kier alpha value is -4.16. The highest BCUT2D eigenvalue weighted by molar-refractivity contribution is 6.11. The summed E-state index contributed by atoms with van der Waals surface area (Å²) in [6.45, 7) is 18.4. The van der Waals surface area contributed by atoms with E-state index in [0.29, 0.717) is 0 Å². The molecule has 0 heterocycles. The number of rotatable bonds is 5. The molecule has 1 aliphatic rings. The van der Waals surface area contributed by atoms with E-state index in [1.54, 1.807) is 0 Å². The molecule has 1 aliphatic carbocycles. The highest BCUT2D eigenvalue weighted by Crippen LogP contribution is 2.46. The van der Waals surface area contributed by atoms with Crippen molar-refractivity contribution in [3.8, 4) is 22.3 Å². The van der Waals surface area contributed by atoms with Crippen LogP contribution in [-0.4, -0.2) is 0 Å². The molecule has 0 aliphatic heterocycles. The molecule has 0 saturated carbocycles. The molecular weight excluding hydrogens is 480 g/mol. The first-order valence-electron chi connectivity index (χ1n) is 14.8. The Labute approximate surface area is 241 Å². The van der Waals surface area contributed by atoms with Gasteiger partial charge < -0.3 is 0 Å². The molecule has 0 bridgehead atoms. The molecule has 0 fully saturated rings. The normalized spacial score (nSPS) is 11.6. The molecule has 0 nitrogen and oxygen atoms in total. The van der Waals surface area contributed by atoms with Gasteiger partial charge in [-0.05, 0) is 98.3 Å². The zero-order valence-corrected chi connectivity index (χ0v) is 24.9. The fourth-order valence-corrected chi connectivity index (χ4v) is 5.82. The van der Waals surface area contributed by atoms with Gasteiger partial charge in [0.15, 0.2) is 0 Å². The maximum atomic E-state index is 4.24. The molecule has 5 aromatic carbocycles. The molecule has 0 N–H and O–H groups in total. The van der Waals surface area contributed by atoms with Crippen LogP contribution in [0.25, 0.3) is 49.9 Å². The number of hydrogen-bond acceptors (Lipinski definition) is 0. The molecule has 5 aromatic rings. The highest BCUT2D eigenvalue weighted by atomic mass is 14.3. The molecule has 0 spiro atoms. The quantitative estimate of drug-likeness (QED) is 0.201. The Bertz CT molecular complexity index is 1690. The lowest BCUT2D eigenvalue weighted by molar-refractivity contribution is 0.991. The van der Waals surface area contributed by atoms with Crippen molar-refractivity contribution < 1.29 is 0 Å². The van der Waals surface area contributed by atoms with Crippen LogP contribution in [0.4, 0.5) is 0 Å². The SMILES string of the molecule is C=CC(=C)Cc1c(C)cccc1-c1c2c(c(-c3ccc4ccccc4c3)c3ccccc13)CCC=C2.CC.CC. The van der Waals surface area contributed by atoms with Crippen LogP contribution < -0.4 is 0 Å². The fraction of sp³-hybridized carbons (Fsp3) is 0.200. The predicted molar refractivity (Wildman–Crippen MR) is 180 cm³/mol. The van der Waals surface area contributed by atoms with E-state index in [1.165, 1.54) is 66.1 Å². The van der Waals surface area contributed by atoms with Crippen LogP contribution in [0.3, 0.4) is 0 Å². The summed E-state index contributed by atoms with van der Waals surface area (Å²) in [5.74, 6) is 0. The minimum Gasteiger partial charge on any atom is -0.0988 e. The molecule has 0 amide bonds. The van der Waals surface area contributed by atoms with Gasteiger partial charge in [-0.2, -0.15) is 0 Å². The molecule has 0 heteroatoms. The lowest BCUT2D eigenvalue weighted by atomic mass is 9.78. The Balaban J connectivity index is 0.000000886. The van der Waals surface area contributed by atoms with Gasteiger partial charge in [-0.15, -0.1) is 0 Å². The van der Waals surface area contributed by atoms with Crippen molar-refractivity contribution in [2.45, 2.75) is 53.9 Å². The van der Waals surface area contributed by atoms with Gasteiger partial charge in [0, 0.05) is 0 Å². The smallest absolute Gasteiger partial charge is 0.00231 e. The van der Waals surface area contributed by atoms with E-state index in [1.807, 2.05) is 33.8 Å². The molecule has 0 aromatic heterocycles. The van der Waals surface area contributed by atoms with Gasteiger partial charge in [-0.3, -0.25) is 0 Å². The van der Waals surface area contributed by atoms with Crippen molar-refractivity contribution in [2.75, 3.05) is 0 Å². The molecule has 40 heavy (non-hydrogen) atoms. The molecule has 0 atom stereocenters. The number of benzene rings is 5. The molecule has 202 valence electrons. The lowest BCUT2D eigenvalue weighted by Gasteiger charge is -2.25. The van der Waals surface area contributed by atoms with E-state index in [4.69, 9.17) is 0 Å².